The van der Waals surface area contributed by atoms with Crippen LogP contribution in [-0.2, 0) is 0 Å². The molecule has 2 rings (SSSR count). The standard InChI is InChI=1S/C15H23BrN2/c1-15(2,3)14(18-9-7-17-8-10-18)12-5-4-6-13(16)11-12/h4-6,11,14,17H,7-10H2,1-3H3/t14-/m1/s1. The van der Waals surface area contributed by atoms with E-state index < -0.39 is 0 Å². The smallest absolute Gasteiger partial charge is 0.0397 e. The maximum absolute atomic E-state index is 3.59. The van der Waals surface area contributed by atoms with E-state index in [0.717, 1.165) is 26.2 Å². The fraction of sp³-hybridized carbons (Fsp3) is 0.600. The number of benzene rings is 1. The van der Waals surface area contributed by atoms with Gasteiger partial charge in [-0.1, -0.05) is 48.8 Å². The summed E-state index contributed by atoms with van der Waals surface area (Å²) < 4.78 is 1.17. The molecule has 1 aromatic rings. The molecule has 0 bridgehead atoms. The minimum Gasteiger partial charge on any atom is -0.314 e. The van der Waals surface area contributed by atoms with Gasteiger partial charge in [0.25, 0.3) is 0 Å². The van der Waals surface area contributed by atoms with Crippen LogP contribution in [0.5, 0.6) is 0 Å². The highest BCUT2D eigenvalue weighted by Crippen LogP contribution is 2.38. The first-order valence-corrected chi connectivity index (χ1v) is 7.48. The molecule has 0 aliphatic carbocycles. The average Bonchev–Trinajstić information content (AvgIpc) is 2.28. The monoisotopic (exact) mass is 310 g/mol. The van der Waals surface area contributed by atoms with Crippen LogP contribution in [0.15, 0.2) is 28.7 Å². The molecule has 0 amide bonds. The predicted molar refractivity (Wildman–Crippen MR) is 80.8 cm³/mol. The minimum absolute atomic E-state index is 0.248. The van der Waals surface area contributed by atoms with Crippen molar-refractivity contribution in [2.24, 2.45) is 5.41 Å². The Kier molecular flexibility index (Phi) is 4.46. The highest BCUT2D eigenvalue weighted by molar-refractivity contribution is 9.10. The molecule has 1 atom stereocenters. The van der Waals surface area contributed by atoms with E-state index in [1.54, 1.807) is 0 Å². The van der Waals surface area contributed by atoms with Crippen molar-refractivity contribution in [1.82, 2.24) is 10.2 Å². The Balaban J connectivity index is 2.30. The summed E-state index contributed by atoms with van der Waals surface area (Å²) in [5, 5.41) is 3.43. The molecule has 0 saturated carbocycles. The summed E-state index contributed by atoms with van der Waals surface area (Å²) in [5.41, 5.74) is 1.66. The van der Waals surface area contributed by atoms with Crippen molar-refractivity contribution in [3.05, 3.63) is 34.3 Å². The van der Waals surface area contributed by atoms with Crippen LogP contribution >= 0.6 is 15.9 Å². The molecule has 0 unspecified atom stereocenters. The highest BCUT2D eigenvalue weighted by atomic mass is 79.9. The zero-order valence-electron chi connectivity index (χ0n) is 11.5. The molecule has 1 aliphatic rings. The van der Waals surface area contributed by atoms with Gasteiger partial charge in [-0.15, -0.1) is 0 Å². The van der Waals surface area contributed by atoms with Crippen LogP contribution in [-0.4, -0.2) is 31.1 Å². The van der Waals surface area contributed by atoms with Crippen molar-refractivity contribution in [1.29, 1.82) is 0 Å². The van der Waals surface area contributed by atoms with Crippen LogP contribution in [0.2, 0.25) is 0 Å². The lowest BCUT2D eigenvalue weighted by Gasteiger charge is -2.42. The SMILES string of the molecule is CC(C)(C)[C@@H](c1cccc(Br)c1)N1CCNCC1. The largest absolute Gasteiger partial charge is 0.314 e. The summed E-state index contributed by atoms with van der Waals surface area (Å²) >= 11 is 3.59. The van der Waals surface area contributed by atoms with Gasteiger partial charge in [-0.3, -0.25) is 4.90 Å². The van der Waals surface area contributed by atoms with Gasteiger partial charge in [-0.05, 0) is 23.1 Å². The molecule has 1 saturated heterocycles. The second kappa shape index (κ2) is 5.72. The molecule has 0 spiro atoms. The zero-order chi connectivity index (χ0) is 13.2. The molecule has 0 radical (unpaired) electrons. The van der Waals surface area contributed by atoms with E-state index in [1.165, 1.54) is 10.0 Å². The molecule has 1 heterocycles. The van der Waals surface area contributed by atoms with E-state index in [2.05, 4.69) is 71.2 Å². The third kappa shape index (κ3) is 3.34. The van der Waals surface area contributed by atoms with Crippen molar-refractivity contribution in [3.8, 4) is 0 Å². The number of nitrogens with zero attached hydrogens (tertiary/aromatic N) is 1. The highest BCUT2D eigenvalue weighted by Gasteiger charge is 2.32. The fourth-order valence-electron chi connectivity index (χ4n) is 2.88. The molecule has 2 nitrogen and oxygen atoms in total. The van der Waals surface area contributed by atoms with Crippen LogP contribution in [0, 0.1) is 5.41 Å². The van der Waals surface area contributed by atoms with Crippen LogP contribution in [0.3, 0.4) is 0 Å². The van der Waals surface area contributed by atoms with Crippen LogP contribution in [0.1, 0.15) is 32.4 Å². The zero-order valence-corrected chi connectivity index (χ0v) is 13.1. The van der Waals surface area contributed by atoms with Crippen molar-refractivity contribution in [2.45, 2.75) is 26.8 Å². The number of piperazine rings is 1. The van der Waals surface area contributed by atoms with Gasteiger partial charge in [0.15, 0.2) is 0 Å². The Morgan fingerprint density at radius 1 is 1.22 bits per heavy atom. The quantitative estimate of drug-likeness (QED) is 0.900. The fourth-order valence-corrected chi connectivity index (χ4v) is 3.29. The lowest BCUT2D eigenvalue weighted by Crippen LogP contribution is -2.48. The molecule has 100 valence electrons. The number of halogens is 1. The van der Waals surface area contributed by atoms with Gasteiger partial charge in [0, 0.05) is 36.7 Å². The summed E-state index contributed by atoms with van der Waals surface area (Å²) in [5.74, 6) is 0. The Bertz CT molecular complexity index is 392. The summed E-state index contributed by atoms with van der Waals surface area (Å²) in [6.07, 6.45) is 0. The first kappa shape index (κ1) is 14.0. The minimum atomic E-state index is 0.248. The van der Waals surface area contributed by atoms with Gasteiger partial charge in [-0.25, -0.2) is 0 Å². The molecule has 1 aliphatic heterocycles. The maximum atomic E-state index is 3.59. The molecular weight excluding hydrogens is 288 g/mol. The summed E-state index contributed by atoms with van der Waals surface area (Å²) in [4.78, 5) is 2.61. The van der Waals surface area contributed by atoms with Crippen LogP contribution in [0.4, 0.5) is 0 Å². The van der Waals surface area contributed by atoms with Crippen LogP contribution < -0.4 is 5.32 Å². The molecule has 1 N–H and O–H groups in total. The second-order valence-corrected chi connectivity index (χ2v) is 7.03. The Morgan fingerprint density at radius 3 is 2.44 bits per heavy atom. The van der Waals surface area contributed by atoms with Gasteiger partial charge in [0.05, 0.1) is 0 Å². The average molecular weight is 311 g/mol. The van der Waals surface area contributed by atoms with E-state index in [0.29, 0.717) is 6.04 Å². The van der Waals surface area contributed by atoms with Gasteiger partial charge >= 0.3 is 0 Å². The molecule has 3 heteroatoms. The predicted octanol–water partition coefficient (Wildman–Crippen LogP) is 3.44. The van der Waals surface area contributed by atoms with E-state index >= 15 is 0 Å². The molecule has 1 aromatic carbocycles. The van der Waals surface area contributed by atoms with Gasteiger partial charge < -0.3 is 5.32 Å². The van der Waals surface area contributed by atoms with E-state index in [4.69, 9.17) is 0 Å². The van der Waals surface area contributed by atoms with Crippen molar-refractivity contribution >= 4 is 15.9 Å². The maximum Gasteiger partial charge on any atom is 0.0397 e. The van der Waals surface area contributed by atoms with E-state index in [1.807, 2.05) is 0 Å². The number of hydrogen-bond acceptors (Lipinski definition) is 2. The Labute approximate surface area is 119 Å². The third-order valence-electron chi connectivity index (χ3n) is 3.50. The Hall–Kier alpha value is -0.380. The van der Waals surface area contributed by atoms with E-state index in [9.17, 15) is 0 Å². The summed E-state index contributed by atoms with van der Waals surface area (Å²) in [6, 6.07) is 9.24. The van der Waals surface area contributed by atoms with Gasteiger partial charge in [-0.2, -0.15) is 0 Å². The second-order valence-electron chi connectivity index (χ2n) is 6.11. The molecular formula is C15H23BrN2. The van der Waals surface area contributed by atoms with Crippen molar-refractivity contribution < 1.29 is 0 Å². The summed E-state index contributed by atoms with van der Waals surface area (Å²) in [7, 11) is 0. The van der Waals surface area contributed by atoms with Gasteiger partial charge in [0.2, 0.25) is 0 Å². The van der Waals surface area contributed by atoms with E-state index in [-0.39, 0.29) is 5.41 Å². The first-order valence-electron chi connectivity index (χ1n) is 6.69. The third-order valence-corrected chi connectivity index (χ3v) is 3.99. The lowest BCUT2D eigenvalue weighted by molar-refractivity contribution is 0.0862. The first-order chi connectivity index (χ1) is 8.48. The number of rotatable bonds is 2. The number of hydrogen-bond donors (Lipinski definition) is 1. The molecule has 0 aromatic heterocycles. The lowest BCUT2D eigenvalue weighted by atomic mass is 9.81. The molecule has 18 heavy (non-hydrogen) atoms. The normalized spacial score (nSPS) is 19.8. The van der Waals surface area contributed by atoms with Gasteiger partial charge in [0.1, 0.15) is 0 Å². The summed E-state index contributed by atoms with van der Waals surface area (Å²) in [6.45, 7) is 11.5. The van der Waals surface area contributed by atoms with Crippen LogP contribution in [0.25, 0.3) is 0 Å². The topological polar surface area (TPSA) is 15.3 Å². The molecule has 1 fully saturated rings. The Morgan fingerprint density at radius 2 is 1.89 bits per heavy atom. The van der Waals surface area contributed by atoms with Crippen molar-refractivity contribution in [2.75, 3.05) is 26.2 Å². The number of nitrogens with one attached hydrogen (secondary N) is 1. The van der Waals surface area contributed by atoms with Crippen molar-refractivity contribution in [3.63, 3.8) is 0 Å².